The Morgan fingerprint density at radius 3 is 2.59 bits per heavy atom. The van der Waals surface area contributed by atoms with Gasteiger partial charge in [-0.1, -0.05) is 17.3 Å². The Balaban J connectivity index is 1.51. The van der Waals surface area contributed by atoms with Gasteiger partial charge in [0, 0.05) is 23.2 Å². The number of benzene rings is 1. The number of hydrogen-bond donors (Lipinski definition) is 1. The van der Waals surface area contributed by atoms with Crippen molar-refractivity contribution in [1.29, 1.82) is 5.26 Å². The number of pyridine rings is 1. The molecular weight excluding hydrogens is 340 g/mol. The van der Waals surface area contributed by atoms with Crippen LogP contribution in [-0.4, -0.2) is 16.0 Å². The van der Waals surface area contributed by atoms with Crippen LogP contribution in [0.2, 0.25) is 0 Å². The summed E-state index contributed by atoms with van der Waals surface area (Å²) in [5.74, 6) is 0.611. The van der Waals surface area contributed by atoms with Gasteiger partial charge in [-0.05, 0) is 49.4 Å². The monoisotopic (exact) mass is 358 g/mol. The highest BCUT2D eigenvalue weighted by Crippen LogP contribution is 2.45. The average molecular weight is 358 g/mol. The largest absolute Gasteiger partial charge is 0.335 e. The van der Waals surface area contributed by atoms with E-state index in [1.165, 1.54) is 0 Å². The van der Waals surface area contributed by atoms with E-state index in [0.717, 1.165) is 48.0 Å². The van der Waals surface area contributed by atoms with Gasteiger partial charge in [0.05, 0.1) is 29.1 Å². The number of anilines is 1. The minimum absolute atomic E-state index is 0.178. The highest BCUT2D eigenvalue weighted by Gasteiger charge is 2.34. The molecule has 2 fully saturated rings. The van der Waals surface area contributed by atoms with Crippen molar-refractivity contribution in [3.8, 4) is 6.07 Å². The molecule has 6 heteroatoms. The molecule has 0 atom stereocenters. The van der Waals surface area contributed by atoms with Crippen LogP contribution < -0.4 is 5.32 Å². The molecule has 5 rings (SSSR count). The summed E-state index contributed by atoms with van der Waals surface area (Å²) in [6.07, 6.45) is 4.71. The number of nitriles is 1. The van der Waals surface area contributed by atoms with Crippen LogP contribution in [0.5, 0.6) is 0 Å². The van der Waals surface area contributed by atoms with Crippen LogP contribution in [0.25, 0.3) is 11.1 Å². The first kappa shape index (κ1) is 16.0. The first-order valence-corrected chi connectivity index (χ1v) is 9.30. The maximum Gasteiger partial charge on any atom is 0.259 e. The van der Waals surface area contributed by atoms with E-state index in [-0.39, 0.29) is 5.91 Å². The van der Waals surface area contributed by atoms with Crippen molar-refractivity contribution in [1.82, 2.24) is 10.1 Å². The molecule has 0 spiro atoms. The summed E-state index contributed by atoms with van der Waals surface area (Å²) in [6, 6.07) is 11.4. The van der Waals surface area contributed by atoms with Crippen molar-refractivity contribution >= 4 is 22.7 Å². The Hall–Kier alpha value is -3.20. The number of hydrogen-bond acceptors (Lipinski definition) is 5. The van der Waals surface area contributed by atoms with Gasteiger partial charge in [0.1, 0.15) is 0 Å². The molecule has 2 saturated carbocycles. The number of carbonyl (C=O) groups excluding carboxylic acids is 1. The van der Waals surface area contributed by atoms with Crippen molar-refractivity contribution in [3.05, 3.63) is 52.8 Å². The normalized spacial score (nSPS) is 16.3. The first-order chi connectivity index (χ1) is 13.2. The second-order valence-corrected chi connectivity index (χ2v) is 7.38. The van der Waals surface area contributed by atoms with Crippen LogP contribution in [0.3, 0.4) is 0 Å². The fourth-order valence-electron chi connectivity index (χ4n) is 3.39. The number of amides is 1. The van der Waals surface area contributed by atoms with Crippen LogP contribution in [0.4, 0.5) is 5.69 Å². The summed E-state index contributed by atoms with van der Waals surface area (Å²) in [4.78, 5) is 17.7. The third kappa shape index (κ3) is 3.06. The molecule has 0 unspecified atom stereocenters. The molecule has 0 aliphatic heterocycles. The lowest BCUT2D eigenvalue weighted by atomic mass is 10.0. The number of nitrogens with zero attached hydrogens (tertiary/aromatic N) is 3. The second kappa shape index (κ2) is 6.20. The summed E-state index contributed by atoms with van der Waals surface area (Å²) in [5.41, 5.74) is 4.45. The molecule has 1 N–H and O–H groups in total. The number of aromatic nitrogens is 2. The Labute approximate surface area is 156 Å². The molecule has 1 amide bonds. The third-order valence-electron chi connectivity index (χ3n) is 5.19. The second-order valence-electron chi connectivity index (χ2n) is 7.38. The maximum atomic E-state index is 13.1. The van der Waals surface area contributed by atoms with E-state index in [1.54, 1.807) is 0 Å². The molecule has 0 saturated heterocycles. The number of rotatable bonds is 5. The Bertz CT molecular complexity index is 1070. The van der Waals surface area contributed by atoms with Crippen LogP contribution in [0.1, 0.15) is 64.8 Å². The van der Waals surface area contributed by atoms with Crippen LogP contribution in [-0.2, 0) is 6.42 Å². The van der Waals surface area contributed by atoms with E-state index in [0.29, 0.717) is 35.2 Å². The molecule has 0 radical (unpaired) electrons. The van der Waals surface area contributed by atoms with E-state index < -0.39 is 0 Å². The molecule has 6 nitrogen and oxygen atoms in total. The summed E-state index contributed by atoms with van der Waals surface area (Å²) < 4.78 is 5.48. The highest BCUT2D eigenvalue weighted by atomic mass is 16.5. The van der Waals surface area contributed by atoms with Gasteiger partial charge >= 0.3 is 0 Å². The fraction of sp³-hybridized carbons (Fsp3) is 0.333. The highest BCUT2D eigenvalue weighted by molar-refractivity contribution is 6.12. The van der Waals surface area contributed by atoms with Gasteiger partial charge in [0.2, 0.25) is 0 Å². The summed E-state index contributed by atoms with van der Waals surface area (Å²) in [7, 11) is 0. The molecule has 1 aromatic carbocycles. The zero-order valence-electron chi connectivity index (χ0n) is 14.7. The van der Waals surface area contributed by atoms with Gasteiger partial charge in [-0.15, -0.1) is 0 Å². The lowest BCUT2D eigenvalue weighted by molar-refractivity contribution is 0.102. The summed E-state index contributed by atoms with van der Waals surface area (Å²) in [6.45, 7) is 0. The Kier molecular flexibility index (Phi) is 3.68. The van der Waals surface area contributed by atoms with E-state index in [1.807, 2.05) is 30.3 Å². The van der Waals surface area contributed by atoms with Gasteiger partial charge < -0.3 is 9.84 Å². The standard InChI is InChI=1S/C21H18N4O2/c22-10-9-12-1-7-15(8-2-12)23-20(26)16-11-17(13-3-4-13)24-21-18(16)19(25-27-21)14-5-6-14/h1-2,7-8,11,13-14H,3-6,9H2,(H,23,26). The van der Waals surface area contributed by atoms with Gasteiger partial charge in [-0.2, -0.15) is 5.26 Å². The SMILES string of the molecule is N#CCc1ccc(NC(=O)c2cc(C3CC3)nc3onc(C4CC4)c23)cc1. The van der Waals surface area contributed by atoms with Crippen LogP contribution in [0.15, 0.2) is 34.9 Å². The molecule has 2 aliphatic rings. The lowest BCUT2D eigenvalue weighted by Gasteiger charge is -2.09. The van der Waals surface area contributed by atoms with Gasteiger partial charge in [0.25, 0.3) is 11.6 Å². The molecule has 2 aliphatic carbocycles. The quantitative estimate of drug-likeness (QED) is 0.734. The molecule has 0 bridgehead atoms. The average Bonchev–Trinajstić information content (AvgIpc) is 3.60. The zero-order chi connectivity index (χ0) is 18.4. The molecule has 2 heterocycles. The number of fused-ring (bicyclic) bond motifs is 1. The van der Waals surface area contributed by atoms with E-state index >= 15 is 0 Å². The smallest absolute Gasteiger partial charge is 0.259 e. The van der Waals surface area contributed by atoms with E-state index in [4.69, 9.17) is 9.78 Å². The van der Waals surface area contributed by atoms with E-state index in [2.05, 4.69) is 21.5 Å². The third-order valence-corrected chi connectivity index (χ3v) is 5.19. The predicted molar refractivity (Wildman–Crippen MR) is 99.5 cm³/mol. The van der Waals surface area contributed by atoms with Crippen molar-refractivity contribution in [3.63, 3.8) is 0 Å². The Morgan fingerprint density at radius 2 is 1.93 bits per heavy atom. The predicted octanol–water partition coefficient (Wildman–Crippen LogP) is 4.30. The van der Waals surface area contributed by atoms with Crippen molar-refractivity contribution in [2.45, 2.75) is 43.9 Å². The summed E-state index contributed by atoms with van der Waals surface area (Å²) in [5, 5.41) is 16.7. The van der Waals surface area contributed by atoms with Crippen LogP contribution >= 0.6 is 0 Å². The van der Waals surface area contributed by atoms with Gasteiger partial charge in [-0.25, -0.2) is 4.98 Å². The number of carbonyl (C=O) groups is 1. The molecular formula is C21H18N4O2. The van der Waals surface area contributed by atoms with Crippen molar-refractivity contribution in [2.75, 3.05) is 5.32 Å². The molecule has 27 heavy (non-hydrogen) atoms. The minimum Gasteiger partial charge on any atom is -0.335 e. The molecule has 2 aromatic heterocycles. The Morgan fingerprint density at radius 1 is 1.19 bits per heavy atom. The van der Waals surface area contributed by atoms with Crippen LogP contribution in [0, 0.1) is 11.3 Å². The maximum absolute atomic E-state index is 13.1. The molecule has 134 valence electrons. The first-order valence-electron chi connectivity index (χ1n) is 9.30. The fourth-order valence-corrected chi connectivity index (χ4v) is 3.39. The minimum atomic E-state index is -0.178. The van der Waals surface area contributed by atoms with Gasteiger partial charge in [0.15, 0.2) is 0 Å². The lowest BCUT2D eigenvalue weighted by Crippen LogP contribution is -2.13. The zero-order valence-corrected chi connectivity index (χ0v) is 14.7. The van der Waals surface area contributed by atoms with Crippen molar-refractivity contribution in [2.24, 2.45) is 0 Å². The number of nitrogens with one attached hydrogen (secondary N) is 1. The van der Waals surface area contributed by atoms with Crippen molar-refractivity contribution < 1.29 is 9.32 Å². The van der Waals surface area contributed by atoms with E-state index in [9.17, 15) is 4.79 Å². The topological polar surface area (TPSA) is 91.8 Å². The van der Waals surface area contributed by atoms with Gasteiger partial charge in [-0.3, -0.25) is 4.79 Å². The summed E-state index contributed by atoms with van der Waals surface area (Å²) >= 11 is 0. The molecule has 3 aromatic rings.